The van der Waals surface area contributed by atoms with E-state index in [9.17, 15) is 0 Å². The third-order valence-electron chi connectivity index (χ3n) is 3.43. The van der Waals surface area contributed by atoms with Crippen LogP contribution in [0.1, 0.15) is 44.2 Å². The first-order valence-electron chi connectivity index (χ1n) is 5.99. The fraction of sp³-hybridized carbons (Fsp3) is 0.571. The summed E-state index contributed by atoms with van der Waals surface area (Å²) in [5.41, 5.74) is 3.02. The Labute approximate surface area is 92.9 Å². The van der Waals surface area contributed by atoms with E-state index in [4.69, 9.17) is 0 Å². The van der Waals surface area contributed by atoms with Gasteiger partial charge in [0.2, 0.25) is 0 Å². The highest BCUT2D eigenvalue weighted by Gasteiger charge is 2.25. The number of hydrogen-bond donors (Lipinski definition) is 1. The summed E-state index contributed by atoms with van der Waals surface area (Å²) in [6, 6.07) is 9.47. The van der Waals surface area contributed by atoms with E-state index in [1.165, 1.54) is 12.0 Å². The molecule has 1 aromatic carbocycles. The van der Waals surface area contributed by atoms with Crippen LogP contribution in [-0.2, 0) is 6.54 Å². The Morgan fingerprint density at radius 2 is 2.07 bits per heavy atom. The molecule has 2 unspecified atom stereocenters. The van der Waals surface area contributed by atoms with Crippen molar-refractivity contribution in [3.63, 3.8) is 0 Å². The molecule has 0 amide bonds. The molecule has 1 aliphatic rings. The summed E-state index contributed by atoms with van der Waals surface area (Å²) >= 11 is 0. The van der Waals surface area contributed by atoms with Crippen molar-refractivity contribution in [2.75, 3.05) is 0 Å². The highest BCUT2D eigenvalue weighted by atomic mass is 14.9. The van der Waals surface area contributed by atoms with E-state index in [2.05, 4.69) is 50.4 Å². The molecule has 1 nitrogen and oxygen atoms in total. The van der Waals surface area contributed by atoms with Gasteiger partial charge in [-0.3, -0.25) is 0 Å². The van der Waals surface area contributed by atoms with Crippen LogP contribution in [0.4, 0.5) is 0 Å². The number of benzene rings is 1. The zero-order chi connectivity index (χ0) is 10.8. The molecule has 0 fully saturated rings. The molecule has 2 rings (SSSR count). The Morgan fingerprint density at radius 1 is 1.33 bits per heavy atom. The van der Waals surface area contributed by atoms with Crippen LogP contribution in [0.3, 0.4) is 0 Å². The maximum atomic E-state index is 3.66. The molecule has 0 saturated carbocycles. The van der Waals surface area contributed by atoms with Gasteiger partial charge in [-0.1, -0.05) is 45.0 Å². The Bertz CT molecular complexity index is 330. The van der Waals surface area contributed by atoms with Crippen LogP contribution in [0.15, 0.2) is 24.3 Å². The van der Waals surface area contributed by atoms with E-state index in [0.717, 1.165) is 12.5 Å². The van der Waals surface area contributed by atoms with Crippen molar-refractivity contribution in [2.24, 2.45) is 5.92 Å². The van der Waals surface area contributed by atoms with Crippen LogP contribution in [0, 0.1) is 5.92 Å². The third-order valence-corrected chi connectivity index (χ3v) is 3.43. The number of rotatable bonds is 2. The van der Waals surface area contributed by atoms with Gasteiger partial charge in [-0.15, -0.1) is 0 Å². The van der Waals surface area contributed by atoms with E-state index in [1.54, 1.807) is 5.56 Å². The summed E-state index contributed by atoms with van der Waals surface area (Å²) in [6.07, 6.45) is 1.27. The number of fused-ring (bicyclic) bond motifs is 1. The van der Waals surface area contributed by atoms with E-state index in [1.807, 2.05) is 0 Å². The lowest BCUT2D eigenvalue weighted by molar-refractivity contribution is 0.355. The summed E-state index contributed by atoms with van der Waals surface area (Å²) in [4.78, 5) is 0. The van der Waals surface area contributed by atoms with Crippen molar-refractivity contribution in [3.8, 4) is 0 Å². The maximum absolute atomic E-state index is 3.66. The third kappa shape index (κ3) is 2.23. The predicted octanol–water partition coefficient (Wildman–Crippen LogP) is 3.31. The van der Waals surface area contributed by atoms with Crippen molar-refractivity contribution in [1.29, 1.82) is 0 Å². The van der Waals surface area contributed by atoms with Crippen LogP contribution in [0.25, 0.3) is 0 Å². The van der Waals surface area contributed by atoms with Crippen LogP contribution in [0.5, 0.6) is 0 Å². The lowest BCUT2D eigenvalue weighted by Crippen LogP contribution is -2.39. The normalized spacial score (nSPS) is 25.3. The Balaban J connectivity index is 2.18. The molecule has 1 aliphatic heterocycles. The number of hydrogen-bond acceptors (Lipinski definition) is 1. The molecule has 15 heavy (non-hydrogen) atoms. The van der Waals surface area contributed by atoms with Crippen molar-refractivity contribution in [2.45, 2.75) is 45.7 Å². The number of nitrogens with one attached hydrogen (secondary N) is 1. The molecule has 2 atom stereocenters. The second kappa shape index (κ2) is 4.36. The smallest absolute Gasteiger partial charge is 0.0211 e. The van der Waals surface area contributed by atoms with E-state index >= 15 is 0 Å². The molecule has 0 saturated heterocycles. The fourth-order valence-electron chi connectivity index (χ4n) is 2.57. The first-order valence-corrected chi connectivity index (χ1v) is 5.99. The summed E-state index contributed by atoms with van der Waals surface area (Å²) < 4.78 is 0. The topological polar surface area (TPSA) is 12.0 Å². The van der Waals surface area contributed by atoms with Crippen molar-refractivity contribution < 1.29 is 0 Å². The van der Waals surface area contributed by atoms with Gasteiger partial charge >= 0.3 is 0 Å². The molecule has 1 N–H and O–H groups in total. The largest absolute Gasteiger partial charge is 0.309 e. The van der Waals surface area contributed by atoms with E-state index in [0.29, 0.717) is 12.0 Å². The minimum atomic E-state index is 0.650. The molecule has 0 aliphatic carbocycles. The van der Waals surface area contributed by atoms with Crippen LogP contribution < -0.4 is 5.32 Å². The lowest BCUT2D eigenvalue weighted by Gasteiger charge is -2.33. The molecule has 82 valence electrons. The zero-order valence-corrected chi connectivity index (χ0v) is 9.96. The molecule has 1 heterocycles. The molecule has 0 spiro atoms. The Hall–Kier alpha value is -0.820. The van der Waals surface area contributed by atoms with Gasteiger partial charge in [0.25, 0.3) is 0 Å². The van der Waals surface area contributed by atoms with Gasteiger partial charge in [-0.2, -0.15) is 0 Å². The monoisotopic (exact) mass is 203 g/mol. The summed E-state index contributed by atoms with van der Waals surface area (Å²) in [6.45, 7) is 7.99. The van der Waals surface area contributed by atoms with Crippen molar-refractivity contribution in [3.05, 3.63) is 35.4 Å². The molecular weight excluding hydrogens is 182 g/mol. The summed E-state index contributed by atoms with van der Waals surface area (Å²) in [5.74, 6) is 1.42. The second-order valence-electron chi connectivity index (χ2n) is 5.10. The highest BCUT2D eigenvalue weighted by Crippen LogP contribution is 2.30. The molecule has 1 heteroatoms. The minimum Gasteiger partial charge on any atom is -0.309 e. The van der Waals surface area contributed by atoms with Crippen molar-refractivity contribution in [1.82, 2.24) is 5.32 Å². The average molecular weight is 203 g/mol. The molecule has 0 aromatic heterocycles. The van der Waals surface area contributed by atoms with Gasteiger partial charge in [-0.05, 0) is 29.4 Å². The van der Waals surface area contributed by atoms with Gasteiger partial charge in [0, 0.05) is 12.6 Å². The maximum Gasteiger partial charge on any atom is 0.0211 e. The Kier molecular flexibility index (Phi) is 3.11. The zero-order valence-electron chi connectivity index (χ0n) is 9.96. The second-order valence-corrected chi connectivity index (χ2v) is 5.10. The Morgan fingerprint density at radius 3 is 2.80 bits per heavy atom. The summed E-state index contributed by atoms with van der Waals surface area (Å²) in [5, 5.41) is 3.66. The molecule has 1 aromatic rings. The lowest BCUT2D eigenvalue weighted by atomic mass is 9.83. The predicted molar refractivity (Wildman–Crippen MR) is 64.9 cm³/mol. The van der Waals surface area contributed by atoms with Gasteiger partial charge in [-0.25, -0.2) is 0 Å². The minimum absolute atomic E-state index is 0.650. The SMILES string of the molecule is CC(C)CC1NCc2ccccc2C1C. The molecule has 0 bridgehead atoms. The standard InChI is InChI=1S/C14H21N/c1-10(2)8-14-11(3)13-7-5-4-6-12(13)9-15-14/h4-7,10-11,14-15H,8-9H2,1-3H3. The molecule has 0 radical (unpaired) electrons. The average Bonchev–Trinajstić information content (AvgIpc) is 2.22. The van der Waals surface area contributed by atoms with Crippen LogP contribution >= 0.6 is 0 Å². The van der Waals surface area contributed by atoms with Crippen LogP contribution in [-0.4, -0.2) is 6.04 Å². The van der Waals surface area contributed by atoms with Gasteiger partial charge in [0.1, 0.15) is 0 Å². The first-order chi connectivity index (χ1) is 7.18. The first kappa shape index (κ1) is 10.7. The fourth-order valence-corrected chi connectivity index (χ4v) is 2.57. The quantitative estimate of drug-likeness (QED) is 0.777. The van der Waals surface area contributed by atoms with E-state index in [-0.39, 0.29) is 0 Å². The van der Waals surface area contributed by atoms with Gasteiger partial charge in [0.15, 0.2) is 0 Å². The van der Waals surface area contributed by atoms with Gasteiger partial charge in [0.05, 0.1) is 0 Å². The van der Waals surface area contributed by atoms with Crippen LogP contribution in [0.2, 0.25) is 0 Å². The highest BCUT2D eigenvalue weighted by molar-refractivity contribution is 5.33. The van der Waals surface area contributed by atoms with E-state index < -0.39 is 0 Å². The van der Waals surface area contributed by atoms with Crippen molar-refractivity contribution >= 4 is 0 Å². The van der Waals surface area contributed by atoms with Gasteiger partial charge < -0.3 is 5.32 Å². The summed E-state index contributed by atoms with van der Waals surface area (Å²) in [7, 11) is 0. The molecular formula is C14H21N.